The Morgan fingerprint density at radius 3 is 2.58 bits per heavy atom. The fourth-order valence-corrected chi connectivity index (χ4v) is 1.19. The molecule has 0 amide bonds. The van der Waals surface area contributed by atoms with Crippen LogP contribution in [0.5, 0.6) is 0 Å². The minimum Gasteiger partial charge on any atom is -0.207 e. The largest absolute Gasteiger partial charge is 0.207 e. The molecule has 64 valence electrons. The number of halogens is 3. The number of hydrogen-bond donors (Lipinski definition) is 0. The Bertz CT molecular complexity index is 308. The summed E-state index contributed by atoms with van der Waals surface area (Å²) in [6, 6.07) is 2.29. The van der Waals surface area contributed by atoms with E-state index in [-0.39, 0.29) is 4.47 Å². The summed E-state index contributed by atoms with van der Waals surface area (Å²) in [4.78, 5) is 0. The van der Waals surface area contributed by atoms with E-state index in [2.05, 4.69) is 22.5 Å². The summed E-state index contributed by atoms with van der Waals surface area (Å²) in [7, 11) is 0. The molecule has 0 aliphatic carbocycles. The molecule has 0 bridgehead atoms. The van der Waals surface area contributed by atoms with Gasteiger partial charge in [-0.25, -0.2) is 8.78 Å². The van der Waals surface area contributed by atoms with Gasteiger partial charge in [0.05, 0.1) is 4.47 Å². The summed E-state index contributed by atoms with van der Waals surface area (Å²) in [5.74, 6) is -0.864. The van der Waals surface area contributed by atoms with E-state index in [0.29, 0.717) is 12.0 Å². The molecule has 0 heterocycles. The van der Waals surface area contributed by atoms with Crippen LogP contribution in [0, 0.1) is 11.6 Å². The normalized spacial score (nSPS) is 9.92. The van der Waals surface area contributed by atoms with Crippen LogP contribution in [-0.2, 0) is 6.42 Å². The van der Waals surface area contributed by atoms with Crippen molar-refractivity contribution < 1.29 is 8.78 Å². The van der Waals surface area contributed by atoms with Gasteiger partial charge < -0.3 is 0 Å². The second kappa shape index (κ2) is 3.81. The fourth-order valence-electron chi connectivity index (χ4n) is 0.876. The Balaban J connectivity index is 3.13. The van der Waals surface area contributed by atoms with E-state index in [1.54, 1.807) is 0 Å². The summed E-state index contributed by atoms with van der Waals surface area (Å²) < 4.78 is 26.0. The third-order valence-corrected chi connectivity index (χ3v) is 2.06. The Morgan fingerprint density at radius 1 is 1.33 bits per heavy atom. The molecule has 0 aromatic heterocycles. The van der Waals surface area contributed by atoms with Crippen molar-refractivity contribution in [2.75, 3.05) is 0 Å². The lowest BCUT2D eigenvalue weighted by Crippen LogP contribution is -1.90. The van der Waals surface area contributed by atoms with Crippen molar-refractivity contribution in [3.05, 3.63) is 46.5 Å². The van der Waals surface area contributed by atoms with E-state index in [1.165, 1.54) is 12.1 Å². The highest BCUT2D eigenvalue weighted by Gasteiger charge is 2.06. The average Bonchev–Trinajstić information content (AvgIpc) is 2.01. The molecule has 12 heavy (non-hydrogen) atoms. The minimum atomic E-state index is -0.451. The van der Waals surface area contributed by atoms with Gasteiger partial charge in [0.2, 0.25) is 0 Å². The summed E-state index contributed by atoms with van der Waals surface area (Å²) in [6.07, 6.45) is 1.88. The Labute approximate surface area is 78.0 Å². The standard InChI is InChI=1S/C9H7BrF2/c1-2-3-6-4-9(12)7(10)5-8(6)11/h2,4-5H,1,3H2. The lowest BCUT2D eigenvalue weighted by atomic mass is 10.1. The highest BCUT2D eigenvalue weighted by Crippen LogP contribution is 2.20. The van der Waals surface area contributed by atoms with Crippen molar-refractivity contribution in [3.63, 3.8) is 0 Å². The van der Waals surface area contributed by atoms with Gasteiger partial charge in [-0.1, -0.05) is 6.08 Å². The zero-order valence-electron chi connectivity index (χ0n) is 6.28. The van der Waals surface area contributed by atoms with Crippen LogP contribution in [0.1, 0.15) is 5.56 Å². The predicted octanol–water partition coefficient (Wildman–Crippen LogP) is 3.46. The number of allylic oxidation sites excluding steroid dienone is 1. The van der Waals surface area contributed by atoms with E-state index in [9.17, 15) is 8.78 Å². The van der Waals surface area contributed by atoms with E-state index in [4.69, 9.17) is 0 Å². The maximum absolute atomic E-state index is 13.0. The van der Waals surface area contributed by atoms with Gasteiger partial charge >= 0.3 is 0 Å². The van der Waals surface area contributed by atoms with Gasteiger partial charge in [-0.3, -0.25) is 0 Å². The van der Waals surface area contributed by atoms with Crippen LogP contribution in [0.3, 0.4) is 0 Å². The van der Waals surface area contributed by atoms with Gasteiger partial charge in [-0.15, -0.1) is 6.58 Å². The zero-order valence-corrected chi connectivity index (χ0v) is 7.87. The molecule has 0 unspecified atom stereocenters. The van der Waals surface area contributed by atoms with Crippen molar-refractivity contribution in [2.45, 2.75) is 6.42 Å². The van der Waals surface area contributed by atoms with Crippen LogP contribution in [-0.4, -0.2) is 0 Å². The molecular formula is C9H7BrF2. The summed E-state index contributed by atoms with van der Waals surface area (Å²) in [5, 5.41) is 0. The van der Waals surface area contributed by atoms with Crippen molar-refractivity contribution in [1.82, 2.24) is 0 Å². The molecule has 0 aliphatic rings. The van der Waals surface area contributed by atoms with Gasteiger partial charge in [0, 0.05) is 0 Å². The molecule has 0 radical (unpaired) electrons. The van der Waals surface area contributed by atoms with Gasteiger partial charge in [0.25, 0.3) is 0 Å². The average molecular weight is 233 g/mol. The van der Waals surface area contributed by atoms with E-state index in [0.717, 1.165) is 6.07 Å². The van der Waals surface area contributed by atoms with Crippen molar-refractivity contribution in [1.29, 1.82) is 0 Å². The molecule has 0 spiro atoms. The molecule has 0 atom stereocenters. The SMILES string of the molecule is C=CCc1cc(F)c(Br)cc1F. The minimum absolute atomic E-state index is 0.146. The fraction of sp³-hybridized carbons (Fsp3) is 0.111. The summed E-state index contributed by atoms with van der Waals surface area (Å²) in [6.45, 7) is 3.45. The van der Waals surface area contributed by atoms with Crippen LogP contribution in [0.15, 0.2) is 29.3 Å². The van der Waals surface area contributed by atoms with Crippen LogP contribution < -0.4 is 0 Å². The third kappa shape index (κ3) is 1.91. The van der Waals surface area contributed by atoms with Gasteiger partial charge in [-0.2, -0.15) is 0 Å². The van der Waals surface area contributed by atoms with Gasteiger partial charge in [0.1, 0.15) is 11.6 Å². The predicted molar refractivity (Wildman–Crippen MR) is 48.0 cm³/mol. The van der Waals surface area contributed by atoms with Crippen molar-refractivity contribution >= 4 is 15.9 Å². The highest BCUT2D eigenvalue weighted by molar-refractivity contribution is 9.10. The molecule has 0 saturated heterocycles. The molecule has 1 aromatic carbocycles. The first-order chi connectivity index (χ1) is 5.65. The smallest absolute Gasteiger partial charge is 0.137 e. The molecule has 3 heteroatoms. The molecule has 1 rings (SSSR count). The van der Waals surface area contributed by atoms with E-state index in [1.807, 2.05) is 0 Å². The number of benzene rings is 1. The number of rotatable bonds is 2. The first-order valence-corrected chi connectivity index (χ1v) is 4.18. The van der Waals surface area contributed by atoms with Crippen LogP contribution in [0.2, 0.25) is 0 Å². The summed E-state index contributed by atoms with van der Waals surface area (Å²) >= 11 is 2.89. The quantitative estimate of drug-likeness (QED) is 0.542. The first kappa shape index (κ1) is 9.39. The maximum atomic E-state index is 13.0. The molecule has 0 fully saturated rings. The molecular weight excluding hydrogens is 226 g/mol. The monoisotopic (exact) mass is 232 g/mol. The molecule has 0 saturated carbocycles. The lowest BCUT2D eigenvalue weighted by Gasteiger charge is -2.00. The van der Waals surface area contributed by atoms with Crippen molar-refractivity contribution in [2.24, 2.45) is 0 Å². The first-order valence-electron chi connectivity index (χ1n) is 3.39. The van der Waals surface area contributed by atoms with Crippen molar-refractivity contribution in [3.8, 4) is 0 Å². The lowest BCUT2D eigenvalue weighted by molar-refractivity contribution is 0.584. The highest BCUT2D eigenvalue weighted by atomic mass is 79.9. The molecule has 1 aromatic rings. The zero-order chi connectivity index (χ0) is 9.14. The van der Waals surface area contributed by atoms with Gasteiger partial charge in [-0.05, 0) is 40.0 Å². The topological polar surface area (TPSA) is 0 Å². The Kier molecular flexibility index (Phi) is 2.98. The van der Waals surface area contributed by atoms with E-state index < -0.39 is 11.6 Å². The van der Waals surface area contributed by atoms with Crippen LogP contribution in [0.4, 0.5) is 8.78 Å². The maximum Gasteiger partial charge on any atom is 0.137 e. The Morgan fingerprint density at radius 2 is 2.00 bits per heavy atom. The molecule has 0 aliphatic heterocycles. The Hall–Kier alpha value is -0.700. The van der Waals surface area contributed by atoms with Crippen LogP contribution >= 0.6 is 15.9 Å². The molecule has 0 nitrogen and oxygen atoms in total. The second-order valence-corrected chi connectivity index (χ2v) is 3.20. The number of hydrogen-bond acceptors (Lipinski definition) is 0. The molecule has 0 N–H and O–H groups in total. The second-order valence-electron chi connectivity index (χ2n) is 2.35. The van der Waals surface area contributed by atoms with Gasteiger partial charge in [0.15, 0.2) is 0 Å². The van der Waals surface area contributed by atoms with E-state index >= 15 is 0 Å². The third-order valence-electron chi connectivity index (χ3n) is 1.45. The summed E-state index contributed by atoms with van der Waals surface area (Å²) in [5.41, 5.74) is 0.325. The van der Waals surface area contributed by atoms with Crippen LogP contribution in [0.25, 0.3) is 0 Å².